The number of phenols is 1. The molecular formula is C28H24O4. The van der Waals surface area contributed by atoms with E-state index in [1.807, 2.05) is 54.6 Å². The van der Waals surface area contributed by atoms with Crippen molar-refractivity contribution >= 4 is 27.7 Å². The van der Waals surface area contributed by atoms with E-state index in [1.54, 1.807) is 6.07 Å². The fourth-order valence-corrected chi connectivity index (χ4v) is 5.66. The molecule has 2 atom stereocenters. The van der Waals surface area contributed by atoms with Gasteiger partial charge in [-0.05, 0) is 60.6 Å². The number of hydrogen-bond acceptors (Lipinski definition) is 4. The summed E-state index contributed by atoms with van der Waals surface area (Å²) >= 11 is 0. The first kappa shape index (κ1) is 19.2. The highest BCUT2D eigenvalue weighted by molar-refractivity contribution is 5.98. The lowest BCUT2D eigenvalue weighted by Crippen LogP contribution is -2.16. The number of rotatable bonds is 3. The summed E-state index contributed by atoms with van der Waals surface area (Å²) in [6.07, 6.45) is 3.25. The van der Waals surface area contributed by atoms with E-state index in [2.05, 4.69) is 6.92 Å². The molecule has 160 valence electrons. The number of carbonyl (C=O) groups excluding carboxylic acids is 1. The standard InChI is InChI=1S/C28H24O4/c1-2-16-10-13-21-22(14-16)27(25-19-12-11-18(15-19)24(25)26(21)29)32-28(30)31-23-9-5-7-17-6-3-4-8-20(17)23/h3-10,13-14,18-19,29H,2,11-12,15H2,1H3. The summed E-state index contributed by atoms with van der Waals surface area (Å²) in [5, 5.41) is 14.5. The molecule has 1 N–H and O–H groups in total. The van der Waals surface area contributed by atoms with Gasteiger partial charge in [-0.2, -0.15) is 0 Å². The van der Waals surface area contributed by atoms with Crippen molar-refractivity contribution in [2.45, 2.75) is 44.4 Å². The largest absolute Gasteiger partial charge is 0.519 e. The summed E-state index contributed by atoms with van der Waals surface area (Å²) in [7, 11) is 0. The third-order valence-electron chi connectivity index (χ3n) is 7.16. The van der Waals surface area contributed by atoms with Gasteiger partial charge in [-0.1, -0.05) is 55.5 Å². The Morgan fingerprint density at radius 2 is 1.69 bits per heavy atom. The summed E-state index contributed by atoms with van der Waals surface area (Å²) in [5.74, 6) is 2.03. The zero-order chi connectivity index (χ0) is 21.8. The monoisotopic (exact) mass is 424 g/mol. The maximum Gasteiger partial charge on any atom is 0.519 e. The first-order chi connectivity index (χ1) is 15.6. The molecule has 2 bridgehead atoms. The van der Waals surface area contributed by atoms with Crippen molar-refractivity contribution < 1.29 is 19.4 Å². The number of phenolic OH excluding ortho intramolecular Hbond substituents is 1. The lowest BCUT2D eigenvalue weighted by atomic mass is 9.87. The van der Waals surface area contributed by atoms with Crippen molar-refractivity contribution in [2.75, 3.05) is 0 Å². The predicted octanol–water partition coefficient (Wildman–Crippen LogP) is 7.20. The summed E-state index contributed by atoms with van der Waals surface area (Å²) in [6, 6.07) is 19.4. The van der Waals surface area contributed by atoms with E-state index in [0.29, 0.717) is 29.1 Å². The molecule has 32 heavy (non-hydrogen) atoms. The highest BCUT2D eigenvalue weighted by Crippen LogP contribution is 2.60. The molecule has 0 aliphatic heterocycles. The van der Waals surface area contributed by atoms with E-state index in [0.717, 1.165) is 63.9 Å². The third-order valence-corrected chi connectivity index (χ3v) is 7.16. The van der Waals surface area contributed by atoms with Crippen LogP contribution in [-0.4, -0.2) is 11.3 Å². The van der Waals surface area contributed by atoms with Crippen molar-refractivity contribution in [1.82, 2.24) is 0 Å². The molecule has 6 rings (SSSR count). The van der Waals surface area contributed by atoms with E-state index >= 15 is 0 Å². The number of fused-ring (bicyclic) bond motifs is 7. The Balaban J connectivity index is 1.45. The molecule has 0 saturated heterocycles. The fourth-order valence-electron chi connectivity index (χ4n) is 5.66. The van der Waals surface area contributed by atoms with Crippen molar-refractivity contribution in [3.8, 4) is 17.2 Å². The van der Waals surface area contributed by atoms with Crippen molar-refractivity contribution in [3.63, 3.8) is 0 Å². The van der Waals surface area contributed by atoms with Crippen LogP contribution in [0.15, 0.2) is 60.7 Å². The predicted molar refractivity (Wildman–Crippen MR) is 125 cm³/mol. The average Bonchev–Trinajstić information content (AvgIpc) is 3.44. The first-order valence-corrected chi connectivity index (χ1v) is 11.3. The number of carbonyl (C=O) groups is 1. The third kappa shape index (κ3) is 2.86. The van der Waals surface area contributed by atoms with Crippen LogP contribution in [-0.2, 0) is 6.42 Å². The molecule has 2 aliphatic carbocycles. The molecule has 4 heteroatoms. The minimum Gasteiger partial charge on any atom is -0.507 e. The van der Waals surface area contributed by atoms with Gasteiger partial charge in [0.2, 0.25) is 0 Å². The topological polar surface area (TPSA) is 55.8 Å². The molecule has 1 fully saturated rings. The molecule has 2 aliphatic rings. The number of benzene rings is 4. The molecule has 1 saturated carbocycles. The number of aromatic hydroxyl groups is 1. The quantitative estimate of drug-likeness (QED) is 0.279. The molecule has 4 nitrogen and oxygen atoms in total. The van der Waals surface area contributed by atoms with Crippen LogP contribution in [0.5, 0.6) is 17.2 Å². The van der Waals surface area contributed by atoms with Crippen molar-refractivity contribution in [2.24, 2.45) is 0 Å². The van der Waals surface area contributed by atoms with Crippen LogP contribution in [0.4, 0.5) is 4.79 Å². The summed E-state index contributed by atoms with van der Waals surface area (Å²) in [5.41, 5.74) is 3.09. The molecule has 4 aromatic carbocycles. The Labute approximate surface area is 186 Å². The molecule has 0 heterocycles. The average molecular weight is 424 g/mol. The van der Waals surface area contributed by atoms with Crippen LogP contribution in [0.2, 0.25) is 0 Å². The highest BCUT2D eigenvalue weighted by Gasteiger charge is 2.42. The summed E-state index contributed by atoms with van der Waals surface area (Å²) in [4.78, 5) is 13.0. The Morgan fingerprint density at radius 3 is 2.53 bits per heavy atom. The molecular weight excluding hydrogens is 400 g/mol. The zero-order valence-corrected chi connectivity index (χ0v) is 17.9. The lowest BCUT2D eigenvalue weighted by molar-refractivity contribution is 0.152. The van der Waals surface area contributed by atoms with Gasteiger partial charge in [0.25, 0.3) is 0 Å². The first-order valence-electron chi connectivity index (χ1n) is 11.3. The SMILES string of the molecule is CCc1ccc2c(O)c3c(c(OC(=O)Oc4cccc5ccccc45)c2c1)C1CCC3C1. The Kier molecular flexibility index (Phi) is 4.35. The van der Waals surface area contributed by atoms with Gasteiger partial charge >= 0.3 is 6.16 Å². The van der Waals surface area contributed by atoms with E-state index in [9.17, 15) is 9.90 Å². The molecule has 0 radical (unpaired) electrons. The molecule has 0 spiro atoms. The van der Waals surface area contributed by atoms with E-state index in [-0.39, 0.29) is 0 Å². The zero-order valence-electron chi connectivity index (χ0n) is 17.9. The summed E-state index contributed by atoms with van der Waals surface area (Å²) in [6.45, 7) is 2.09. The number of hydrogen-bond donors (Lipinski definition) is 1. The van der Waals surface area contributed by atoms with Gasteiger partial charge in [-0.3, -0.25) is 0 Å². The second-order valence-corrected chi connectivity index (χ2v) is 8.88. The van der Waals surface area contributed by atoms with Gasteiger partial charge in [-0.15, -0.1) is 0 Å². The second-order valence-electron chi connectivity index (χ2n) is 8.88. The molecule has 0 amide bonds. The fraction of sp³-hybridized carbons (Fsp3) is 0.250. The minimum atomic E-state index is -0.750. The second kappa shape index (κ2) is 7.27. The minimum absolute atomic E-state index is 0.316. The Bertz CT molecular complexity index is 1380. The normalized spacial score (nSPS) is 18.8. The Hall–Kier alpha value is -3.53. The van der Waals surface area contributed by atoms with Crippen LogP contribution in [0.25, 0.3) is 21.5 Å². The lowest BCUT2D eigenvalue weighted by Gasteiger charge is -2.22. The van der Waals surface area contributed by atoms with Crippen molar-refractivity contribution in [1.29, 1.82) is 0 Å². The van der Waals surface area contributed by atoms with E-state index in [4.69, 9.17) is 9.47 Å². The van der Waals surface area contributed by atoms with E-state index < -0.39 is 6.16 Å². The van der Waals surface area contributed by atoms with Crippen LogP contribution < -0.4 is 9.47 Å². The highest BCUT2D eigenvalue weighted by atomic mass is 16.7. The molecule has 2 unspecified atom stereocenters. The number of aryl methyl sites for hydroxylation is 1. The van der Waals surface area contributed by atoms with Gasteiger partial charge in [0, 0.05) is 27.3 Å². The van der Waals surface area contributed by atoms with Gasteiger partial charge in [0.1, 0.15) is 17.2 Å². The van der Waals surface area contributed by atoms with Crippen LogP contribution in [0.3, 0.4) is 0 Å². The van der Waals surface area contributed by atoms with Gasteiger partial charge in [-0.25, -0.2) is 4.79 Å². The molecule has 0 aromatic heterocycles. The van der Waals surface area contributed by atoms with Gasteiger partial charge in [0.05, 0.1) is 0 Å². The van der Waals surface area contributed by atoms with Gasteiger partial charge in [0.15, 0.2) is 0 Å². The smallest absolute Gasteiger partial charge is 0.507 e. The van der Waals surface area contributed by atoms with E-state index in [1.165, 1.54) is 0 Å². The maximum absolute atomic E-state index is 13.0. The van der Waals surface area contributed by atoms with Crippen molar-refractivity contribution in [3.05, 3.63) is 77.4 Å². The maximum atomic E-state index is 13.0. The molecule has 4 aromatic rings. The van der Waals surface area contributed by atoms with Crippen LogP contribution in [0.1, 0.15) is 54.7 Å². The summed E-state index contributed by atoms with van der Waals surface area (Å²) < 4.78 is 11.6. The Morgan fingerprint density at radius 1 is 0.906 bits per heavy atom. The van der Waals surface area contributed by atoms with Crippen LogP contribution in [0, 0.1) is 0 Å². The number of ether oxygens (including phenoxy) is 2. The van der Waals surface area contributed by atoms with Gasteiger partial charge < -0.3 is 14.6 Å². The van der Waals surface area contributed by atoms with Crippen LogP contribution >= 0.6 is 0 Å².